The number of carbonyl (C=O) groups excluding carboxylic acids is 1. The van der Waals surface area contributed by atoms with Crippen molar-refractivity contribution in [2.24, 2.45) is 5.41 Å². The summed E-state index contributed by atoms with van der Waals surface area (Å²) in [5.74, 6) is -0.455. The van der Waals surface area contributed by atoms with E-state index in [0.29, 0.717) is 12.8 Å². The summed E-state index contributed by atoms with van der Waals surface area (Å²) in [6.07, 6.45) is -4.92. The second-order valence-corrected chi connectivity index (χ2v) is 7.74. The second-order valence-electron chi connectivity index (χ2n) is 7.74. The van der Waals surface area contributed by atoms with Crippen molar-refractivity contribution < 1.29 is 27.8 Å². The summed E-state index contributed by atoms with van der Waals surface area (Å²) >= 11 is 0. The zero-order chi connectivity index (χ0) is 17.5. The molecule has 2 fully saturated rings. The highest BCUT2D eigenvalue weighted by atomic mass is 19.4. The Morgan fingerprint density at radius 1 is 1.30 bits per heavy atom. The molecule has 1 saturated heterocycles. The summed E-state index contributed by atoms with van der Waals surface area (Å²) in [7, 11) is 0. The minimum atomic E-state index is -4.43. The van der Waals surface area contributed by atoms with E-state index < -0.39 is 29.9 Å². The van der Waals surface area contributed by atoms with Gasteiger partial charge in [0.25, 0.3) is 5.91 Å². The molecule has 0 aromatic heterocycles. The van der Waals surface area contributed by atoms with Gasteiger partial charge in [-0.3, -0.25) is 4.79 Å². The molecule has 4 nitrogen and oxygen atoms in total. The van der Waals surface area contributed by atoms with Crippen LogP contribution in [0.4, 0.5) is 13.2 Å². The molecule has 2 aliphatic rings. The molecule has 0 radical (unpaired) electrons. The Kier molecular flexibility index (Phi) is 5.02. The van der Waals surface area contributed by atoms with Gasteiger partial charge in [-0.1, -0.05) is 13.8 Å². The first-order chi connectivity index (χ1) is 10.4. The Morgan fingerprint density at radius 2 is 1.96 bits per heavy atom. The number of carbonyl (C=O) groups is 1. The van der Waals surface area contributed by atoms with E-state index in [1.807, 2.05) is 13.8 Å². The van der Waals surface area contributed by atoms with Crippen molar-refractivity contribution >= 4 is 5.91 Å². The lowest BCUT2D eigenvalue weighted by Gasteiger charge is -2.42. The molecule has 1 aliphatic carbocycles. The largest absolute Gasteiger partial charge is 0.414 e. The molecule has 3 unspecified atom stereocenters. The SMILES string of the molecule is CC1CN(C(=O)C2(O)CCCC(C)(C)C2)CCC(C(F)(F)F)O1. The lowest BCUT2D eigenvalue weighted by molar-refractivity contribution is -0.228. The summed E-state index contributed by atoms with van der Waals surface area (Å²) < 4.78 is 43.6. The van der Waals surface area contributed by atoms with E-state index in [1.54, 1.807) is 0 Å². The number of alkyl halides is 3. The van der Waals surface area contributed by atoms with Crippen molar-refractivity contribution in [2.45, 2.75) is 76.9 Å². The highest BCUT2D eigenvalue weighted by Crippen LogP contribution is 2.42. The molecular formula is C16H26F3NO3. The van der Waals surface area contributed by atoms with Gasteiger partial charge in [0.05, 0.1) is 6.10 Å². The molecular weight excluding hydrogens is 311 g/mol. The van der Waals surface area contributed by atoms with Crippen LogP contribution in [0.2, 0.25) is 0 Å². The number of rotatable bonds is 1. The maximum Gasteiger partial charge on any atom is 0.414 e. The fourth-order valence-electron chi connectivity index (χ4n) is 3.80. The Bertz CT molecular complexity index is 452. The van der Waals surface area contributed by atoms with Crippen LogP contribution < -0.4 is 0 Å². The standard InChI is InChI=1S/C16H26F3NO3/c1-11-9-20(8-5-12(23-11)16(17,18)19)13(21)15(22)7-4-6-14(2,3)10-15/h11-12,22H,4-10H2,1-3H3. The Labute approximate surface area is 135 Å². The number of nitrogens with zero attached hydrogens (tertiary/aromatic N) is 1. The lowest BCUT2D eigenvalue weighted by Crippen LogP contribution is -2.54. The number of amides is 1. The Balaban J connectivity index is 2.10. The fourth-order valence-corrected chi connectivity index (χ4v) is 3.80. The Hall–Kier alpha value is -0.820. The van der Waals surface area contributed by atoms with Crippen LogP contribution in [0.25, 0.3) is 0 Å². The van der Waals surface area contributed by atoms with Crippen LogP contribution >= 0.6 is 0 Å². The zero-order valence-electron chi connectivity index (χ0n) is 13.9. The average Bonchev–Trinajstić information content (AvgIpc) is 2.57. The first-order valence-electron chi connectivity index (χ1n) is 8.17. The molecule has 0 aromatic carbocycles. The molecule has 0 bridgehead atoms. The highest BCUT2D eigenvalue weighted by molar-refractivity contribution is 5.85. The van der Waals surface area contributed by atoms with Gasteiger partial charge < -0.3 is 14.7 Å². The van der Waals surface area contributed by atoms with Crippen molar-refractivity contribution in [3.05, 3.63) is 0 Å². The number of aliphatic hydroxyl groups is 1. The van der Waals surface area contributed by atoms with Gasteiger partial charge in [-0.05, 0) is 38.0 Å². The maximum absolute atomic E-state index is 12.9. The van der Waals surface area contributed by atoms with Gasteiger partial charge in [-0.25, -0.2) is 0 Å². The molecule has 1 aliphatic heterocycles. The summed E-state index contributed by atoms with van der Waals surface area (Å²) in [5.41, 5.74) is -1.62. The topological polar surface area (TPSA) is 49.8 Å². The van der Waals surface area contributed by atoms with Gasteiger partial charge in [0.15, 0.2) is 6.10 Å². The van der Waals surface area contributed by atoms with Crippen molar-refractivity contribution in [1.82, 2.24) is 4.90 Å². The molecule has 134 valence electrons. The zero-order valence-corrected chi connectivity index (χ0v) is 13.9. The fraction of sp³-hybridized carbons (Fsp3) is 0.938. The Morgan fingerprint density at radius 3 is 2.52 bits per heavy atom. The minimum Gasteiger partial charge on any atom is -0.380 e. The average molecular weight is 337 g/mol. The predicted octanol–water partition coefficient (Wildman–Crippen LogP) is 2.89. The van der Waals surface area contributed by atoms with E-state index in [2.05, 4.69) is 0 Å². The highest BCUT2D eigenvalue weighted by Gasteiger charge is 2.48. The summed E-state index contributed by atoms with van der Waals surface area (Å²) in [5, 5.41) is 10.8. The van der Waals surface area contributed by atoms with Gasteiger partial charge in [0.2, 0.25) is 0 Å². The molecule has 7 heteroatoms. The molecule has 1 N–H and O–H groups in total. The van der Waals surface area contributed by atoms with Gasteiger partial charge in [0.1, 0.15) is 5.60 Å². The van der Waals surface area contributed by atoms with Gasteiger partial charge in [0, 0.05) is 19.5 Å². The van der Waals surface area contributed by atoms with Crippen LogP contribution in [-0.4, -0.2) is 53.0 Å². The van der Waals surface area contributed by atoms with E-state index >= 15 is 0 Å². The van der Waals surface area contributed by atoms with Crippen molar-refractivity contribution in [1.29, 1.82) is 0 Å². The molecule has 3 atom stereocenters. The third-order valence-corrected chi connectivity index (χ3v) is 4.80. The lowest BCUT2D eigenvalue weighted by atomic mass is 9.69. The van der Waals surface area contributed by atoms with E-state index in [-0.39, 0.29) is 24.9 Å². The molecule has 1 amide bonds. The van der Waals surface area contributed by atoms with Crippen molar-refractivity contribution in [2.75, 3.05) is 13.1 Å². The van der Waals surface area contributed by atoms with E-state index in [4.69, 9.17) is 4.74 Å². The molecule has 1 saturated carbocycles. The molecule has 0 spiro atoms. The minimum absolute atomic E-state index is 0.0455. The molecule has 23 heavy (non-hydrogen) atoms. The van der Waals surface area contributed by atoms with Crippen molar-refractivity contribution in [3.63, 3.8) is 0 Å². The molecule has 2 rings (SSSR count). The monoisotopic (exact) mass is 337 g/mol. The summed E-state index contributed by atoms with van der Waals surface area (Å²) in [6, 6.07) is 0. The second kappa shape index (κ2) is 6.24. The summed E-state index contributed by atoms with van der Waals surface area (Å²) in [4.78, 5) is 14.1. The number of halogens is 3. The predicted molar refractivity (Wildman–Crippen MR) is 78.8 cm³/mol. The molecule has 1 heterocycles. The normalized spacial score (nSPS) is 35.7. The van der Waals surface area contributed by atoms with E-state index in [0.717, 1.165) is 12.8 Å². The first-order valence-corrected chi connectivity index (χ1v) is 8.17. The smallest absolute Gasteiger partial charge is 0.380 e. The molecule has 0 aromatic rings. The van der Waals surface area contributed by atoms with Gasteiger partial charge in [-0.2, -0.15) is 13.2 Å². The third-order valence-electron chi connectivity index (χ3n) is 4.80. The third kappa shape index (κ3) is 4.38. The van der Waals surface area contributed by atoms with Crippen LogP contribution in [-0.2, 0) is 9.53 Å². The van der Waals surface area contributed by atoms with E-state index in [9.17, 15) is 23.1 Å². The van der Waals surface area contributed by atoms with Gasteiger partial charge >= 0.3 is 6.18 Å². The maximum atomic E-state index is 12.9. The van der Waals surface area contributed by atoms with Crippen LogP contribution in [0, 0.1) is 5.41 Å². The number of hydrogen-bond donors (Lipinski definition) is 1. The van der Waals surface area contributed by atoms with Crippen LogP contribution in [0.1, 0.15) is 52.9 Å². The van der Waals surface area contributed by atoms with Gasteiger partial charge in [-0.15, -0.1) is 0 Å². The number of ether oxygens (including phenoxy) is 1. The van der Waals surface area contributed by atoms with Crippen LogP contribution in [0.3, 0.4) is 0 Å². The van der Waals surface area contributed by atoms with Crippen LogP contribution in [0.5, 0.6) is 0 Å². The van der Waals surface area contributed by atoms with Crippen molar-refractivity contribution in [3.8, 4) is 0 Å². The summed E-state index contributed by atoms with van der Waals surface area (Å²) in [6.45, 7) is 5.56. The van der Waals surface area contributed by atoms with E-state index in [1.165, 1.54) is 11.8 Å². The number of hydrogen-bond acceptors (Lipinski definition) is 3. The first kappa shape index (κ1) is 18.5. The quantitative estimate of drug-likeness (QED) is 0.800. The van der Waals surface area contributed by atoms with Crippen LogP contribution in [0.15, 0.2) is 0 Å².